The van der Waals surface area contributed by atoms with Crippen LogP contribution in [0.25, 0.3) is 0 Å². The normalized spacial score (nSPS) is 25.4. The second-order valence-corrected chi connectivity index (χ2v) is 5.16. The van der Waals surface area contributed by atoms with Crippen molar-refractivity contribution in [3.8, 4) is 12.3 Å². The monoisotopic (exact) mass is 297 g/mol. The first-order valence-corrected chi connectivity index (χ1v) is 6.62. The number of hydrogen-bond donors (Lipinski definition) is 2. The van der Waals surface area contributed by atoms with Gasteiger partial charge >= 0.3 is 0 Å². The van der Waals surface area contributed by atoms with Gasteiger partial charge in [-0.3, -0.25) is 4.79 Å². The zero-order valence-corrected chi connectivity index (χ0v) is 11.9. The molecule has 2 N–H and O–H groups in total. The summed E-state index contributed by atoms with van der Waals surface area (Å²) in [5.41, 5.74) is -1.24. The molecule has 1 aliphatic rings. The lowest BCUT2D eigenvalue weighted by Crippen LogP contribution is -2.44. The Bertz CT molecular complexity index is 596. The van der Waals surface area contributed by atoms with Crippen LogP contribution in [0, 0.1) is 12.3 Å². The number of anilines is 1. The highest BCUT2D eigenvalue weighted by molar-refractivity contribution is 6.33. The number of aliphatic hydroxyl groups is 1. The number of nitrogens with one attached hydrogen (secondary N) is 1. The van der Waals surface area contributed by atoms with E-state index in [1.807, 2.05) is 0 Å². The fourth-order valence-electron chi connectivity index (χ4n) is 2.07. The molecule has 0 spiro atoms. The van der Waals surface area contributed by atoms with Crippen molar-refractivity contribution in [1.82, 2.24) is 9.78 Å². The van der Waals surface area contributed by atoms with Crippen molar-refractivity contribution in [3.63, 3.8) is 0 Å². The zero-order chi connectivity index (χ0) is 14.8. The number of aromatic nitrogens is 2. The molecule has 1 aromatic rings. The molecular formula is C13H16ClN3O3. The summed E-state index contributed by atoms with van der Waals surface area (Å²) in [5, 5.41) is 17.3. The minimum Gasteiger partial charge on any atom is -0.385 e. The third-order valence-corrected chi connectivity index (χ3v) is 3.76. The predicted octanol–water partition coefficient (Wildman–Crippen LogP) is 0.482. The molecule has 108 valence electrons. The zero-order valence-electron chi connectivity index (χ0n) is 11.1. The van der Waals surface area contributed by atoms with Crippen LogP contribution in [0.5, 0.6) is 0 Å². The average Bonchev–Trinajstić information content (AvgIpc) is 2.73. The Morgan fingerprint density at radius 2 is 2.55 bits per heavy atom. The van der Waals surface area contributed by atoms with Crippen molar-refractivity contribution in [2.45, 2.75) is 31.6 Å². The lowest BCUT2D eigenvalue weighted by molar-refractivity contribution is -0.0176. The van der Waals surface area contributed by atoms with E-state index in [-0.39, 0.29) is 29.9 Å². The number of terminal acetylenes is 1. The molecule has 6 nitrogen and oxygen atoms in total. The molecule has 7 heteroatoms. The van der Waals surface area contributed by atoms with Gasteiger partial charge in [0.2, 0.25) is 0 Å². The Morgan fingerprint density at radius 1 is 1.80 bits per heavy atom. The van der Waals surface area contributed by atoms with Gasteiger partial charge in [-0.25, -0.2) is 4.68 Å². The van der Waals surface area contributed by atoms with Crippen LogP contribution in [0.4, 0.5) is 5.69 Å². The van der Waals surface area contributed by atoms with Crippen LogP contribution in [-0.2, 0) is 11.3 Å². The predicted molar refractivity (Wildman–Crippen MR) is 75.8 cm³/mol. The summed E-state index contributed by atoms with van der Waals surface area (Å²) in [6, 6.07) is 0. The van der Waals surface area contributed by atoms with E-state index in [9.17, 15) is 9.90 Å². The molecule has 0 aromatic carbocycles. The number of rotatable bonds is 4. The van der Waals surface area contributed by atoms with E-state index in [1.54, 1.807) is 6.92 Å². The maximum absolute atomic E-state index is 12.1. The fourth-order valence-corrected chi connectivity index (χ4v) is 2.26. The molecule has 1 saturated heterocycles. The smallest absolute Gasteiger partial charge is 0.292 e. The van der Waals surface area contributed by atoms with Gasteiger partial charge in [-0.15, -0.1) is 6.42 Å². The fraction of sp³-hybridized carbons (Fsp3) is 0.538. The first-order chi connectivity index (χ1) is 9.48. The summed E-state index contributed by atoms with van der Waals surface area (Å²) in [5.74, 6) is 2.34. The molecular weight excluding hydrogens is 282 g/mol. The highest BCUT2D eigenvalue weighted by atomic mass is 35.5. The molecule has 1 aliphatic heterocycles. The SMILES string of the molecule is C#CCn1ncc(Cl)c(NCC2(O)CCOC2C)c1=O. The Labute approximate surface area is 121 Å². The van der Waals surface area contributed by atoms with E-state index in [0.29, 0.717) is 13.0 Å². The molecule has 0 bridgehead atoms. The quantitative estimate of drug-likeness (QED) is 0.791. The van der Waals surface area contributed by atoms with Crippen LogP contribution < -0.4 is 10.9 Å². The van der Waals surface area contributed by atoms with Gasteiger partial charge in [0.25, 0.3) is 5.56 Å². The summed E-state index contributed by atoms with van der Waals surface area (Å²) < 4.78 is 6.47. The van der Waals surface area contributed by atoms with Crippen LogP contribution in [0.15, 0.2) is 11.0 Å². The standard InChI is InChI=1S/C13H16ClN3O3/c1-3-5-17-12(18)11(10(14)7-16-17)15-8-13(19)4-6-20-9(13)2/h1,7,9,15,19H,4-6,8H2,2H3. The van der Waals surface area contributed by atoms with E-state index >= 15 is 0 Å². The molecule has 0 aliphatic carbocycles. The van der Waals surface area contributed by atoms with Crippen molar-refractivity contribution >= 4 is 17.3 Å². The Kier molecular flexibility index (Phi) is 4.33. The minimum atomic E-state index is -1.02. The van der Waals surface area contributed by atoms with E-state index in [2.05, 4.69) is 16.3 Å². The highest BCUT2D eigenvalue weighted by Crippen LogP contribution is 2.26. The van der Waals surface area contributed by atoms with Crippen LogP contribution in [-0.4, -0.2) is 39.7 Å². The van der Waals surface area contributed by atoms with Crippen LogP contribution in [0.1, 0.15) is 13.3 Å². The third-order valence-electron chi connectivity index (χ3n) is 3.47. The number of ether oxygens (including phenoxy) is 1. The van der Waals surface area contributed by atoms with Crippen molar-refractivity contribution in [2.75, 3.05) is 18.5 Å². The molecule has 2 heterocycles. The van der Waals surface area contributed by atoms with Gasteiger partial charge in [-0.1, -0.05) is 17.5 Å². The first kappa shape index (κ1) is 14.9. The Morgan fingerprint density at radius 3 is 3.15 bits per heavy atom. The van der Waals surface area contributed by atoms with Gasteiger partial charge in [0.1, 0.15) is 17.8 Å². The molecule has 0 amide bonds. The molecule has 2 rings (SSSR count). The molecule has 2 atom stereocenters. The molecule has 0 saturated carbocycles. The highest BCUT2D eigenvalue weighted by Gasteiger charge is 2.39. The van der Waals surface area contributed by atoms with E-state index in [1.165, 1.54) is 6.20 Å². The molecule has 1 fully saturated rings. The molecule has 2 unspecified atom stereocenters. The Balaban J connectivity index is 2.19. The van der Waals surface area contributed by atoms with Crippen LogP contribution >= 0.6 is 11.6 Å². The molecule has 20 heavy (non-hydrogen) atoms. The maximum atomic E-state index is 12.1. The molecule has 1 aromatic heterocycles. The van der Waals surface area contributed by atoms with Crippen molar-refractivity contribution in [1.29, 1.82) is 0 Å². The van der Waals surface area contributed by atoms with Gasteiger partial charge in [-0.2, -0.15) is 5.10 Å². The van der Waals surface area contributed by atoms with Gasteiger partial charge in [-0.05, 0) is 6.92 Å². The first-order valence-electron chi connectivity index (χ1n) is 6.25. The van der Waals surface area contributed by atoms with Gasteiger partial charge in [0.05, 0.1) is 17.3 Å². The second-order valence-electron chi connectivity index (χ2n) is 4.75. The summed E-state index contributed by atoms with van der Waals surface area (Å²) in [6.45, 7) is 2.52. The average molecular weight is 298 g/mol. The van der Waals surface area contributed by atoms with E-state index in [4.69, 9.17) is 22.8 Å². The van der Waals surface area contributed by atoms with Gasteiger partial charge in [0, 0.05) is 19.6 Å². The lowest BCUT2D eigenvalue weighted by atomic mass is 9.97. The number of halogens is 1. The van der Waals surface area contributed by atoms with Gasteiger partial charge < -0.3 is 15.2 Å². The summed E-state index contributed by atoms with van der Waals surface area (Å²) in [4.78, 5) is 12.1. The minimum absolute atomic E-state index is 0.0640. The number of nitrogens with zero attached hydrogens (tertiary/aromatic N) is 2. The maximum Gasteiger partial charge on any atom is 0.292 e. The molecule has 0 radical (unpaired) electrons. The van der Waals surface area contributed by atoms with Crippen molar-refractivity contribution in [2.24, 2.45) is 0 Å². The summed E-state index contributed by atoms with van der Waals surface area (Å²) in [7, 11) is 0. The summed E-state index contributed by atoms with van der Waals surface area (Å²) in [6.07, 6.45) is 6.72. The largest absolute Gasteiger partial charge is 0.385 e. The van der Waals surface area contributed by atoms with Crippen LogP contribution in [0.2, 0.25) is 5.02 Å². The van der Waals surface area contributed by atoms with Crippen molar-refractivity contribution in [3.05, 3.63) is 21.6 Å². The topological polar surface area (TPSA) is 76.4 Å². The lowest BCUT2D eigenvalue weighted by Gasteiger charge is -2.26. The number of hydrogen-bond acceptors (Lipinski definition) is 5. The van der Waals surface area contributed by atoms with E-state index < -0.39 is 11.2 Å². The third kappa shape index (κ3) is 2.80. The summed E-state index contributed by atoms with van der Waals surface area (Å²) >= 11 is 5.97. The van der Waals surface area contributed by atoms with Gasteiger partial charge in [0.15, 0.2) is 0 Å². The van der Waals surface area contributed by atoms with Crippen molar-refractivity contribution < 1.29 is 9.84 Å². The Hall–Kier alpha value is -1.55. The second kappa shape index (κ2) is 5.83. The van der Waals surface area contributed by atoms with E-state index in [0.717, 1.165) is 4.68 Å². The van der Waals surface area contributed by atoms with Crippen LogP contribution in [0.3, 0.4) is 0 Å².